The lowest BCUT2D eigenvalue weighted by molar-refractivity contribution is 0.139. The van der Waals surface area contributed by atoms with Crippen LogP contribution in [0.5, 0.6) is 5.88 Å². The fraction of sp³-hybridized carbons (Fsp3) is 0.474. The van der Waals surface area contributed by atoms with E-state index in [4.69, 9.17) is 4.74 Å². The van der Waals surface area contributed by atoms with Crippen LogP contribution in [0.1, 0.15) is 45.2 Å². The van der Waals surface area contributed by atoms with Crippen LogP contribution in [0.25, 0.3) is 0 Å². The molecule has 0 aliphatic carbocycles. The van der Waals surface area contributed by atoms with E-state index >= 15 is 0 Å². The van der Waals surface area contributed by atoms with Gasteiger partial charge < -0.3 is 4.74 Å². The van der Waals surface area contributed by atoms with Gasteiger partial charge in [0.05, 0.1) is 6.61 Å². The maximum absolute atomic E-state index is 5.88. The van der Waals surface area contributed by atoms with Crippen LogP contribution in [0, 0.1) is 12.3 Å². The van der Waals surface area contributed by atoms with Crippen LogP contribution >= 0.6 is 0 Å². The topological polar surface area (TPSA) is 35.0 Å². The van der Waals surface area contributed by atoms with E-state index in [2.05, 4.69) is 49.8 Å². The molecule has 2 aromatic heterocycles. The van der Waals surface area contributed by atoms with E-state index in [0.29, 0.717) is 12.5 Å². The van der Waals surface area contributed by atoms with Gasteiger partial charge in [-0.05, 0) is 47.4 Å². The van der Waals surface area contributed by atoms with Gasteiger partial charge in [0.15, 0.2) is 0 Å². The fourth-order valence-electron chi connectivity index (χ4n) is 2.96. The van der Waals surface area contributed by atoms with E-state index in [1.54, 1.807) is 0 Å². The Hall–Kier alpha value is -1.90. The molecule has 0 saturated heterocycles. The molecule has 2 rings (SSSR count). The van der Waals surface area contributed by atoms with Gasteiger partial charge in [-0.1, -0.05) is 33.8 Å². The zero-order valence-corrected chi connectivity index (χ0v) is 14.3. The highest BCUT2D eigenvalue weighted by atomic mass is 16.5. The summed E-state index contributed by atoms with van der Waals surface area (Å²) in [6, 6.07) is 8.15. The van der Waals surface area contributed by atoms with Gasteiger partial charge in [0.25, 0.3) is 0 Å². The minimum atomic E-state index is 0.0549. The van der Waals surface area contributed by atoms with Gasteiger partial charge in [-0.3, -0.25) is 4.98 Å². The van der Waals surface area contributed by atoms with E-state index < -0.39 is 0 Å². The summed E-state index contributed by atoms with van der Waals surface area (Å²) in [7, 11) is 0. The Morgan fingerprint density at radius 2 is 1.68 bits per heavy atom. The van der Waals surface area contributed by atoms with Crippen molar-refractivity contribution >= 4 is 0 Å². The summed E-state index contributed by atoms with van der Waals surface area (Å²) < 4.78 is 5.88. The van der Waals surface area contributed by atoms with Crippen molar-refractivity contribution in [3.63, 3.8) is 0 Å². The fourth-order valence-corrected chi connectivity index (χ4v) is 2.96. The molecule has 0 unspecified atom stereocenters. The molecule has 0 bridgehead atoms. The molecule has 0 fully saturated rings. The minimum absolute atomic E-state index is 0.0549. The van der Waals surface area contributed by atoms with Crippen molar-refractivity contribution in [1.29, 1.82) is 0 Å². The van der Waals surface area contributed by atoms with Crippen LogP contribution in [0.4, 0.5) is 0 Å². The third kappa shape index (κ3) is 4.55. The highest BCUT2D eigenvalue weighted by Gasteiger charge is 2.31. The first-order chi connectivity index (χ1) is 10.3. The summed E-state index contributed by atoms with van der Waals surface area (Å²) in [5.41, 5.74) is 2.59. The quantitative estimate of drug-likeness (QED) is 0.784. The molecule has 2 heterocycles. The summed E-state index contributed by atoms with van der Waals surface area (Å²) in [5, 5.41) is 0. The smallest absolute Gasteiger partial charge is 0.213 e. The Bertz CT molecular complexity index is 589. The lowest BCUT2D eigenvalue weighted by Crippen LogP contribution is -2.31. The monoisotopic (exact) mass is 298 g/mol. The number of nitrogens with zero attached hydrogens (tertiary/aromatic N) is 2. The molecule has 0 amide bonds. The average molecular weight is 298 g/mol. The van der Waals surface area contributed by atoms with Crippen LogP contribution in [-0.4, -0.2) is 16.6 Å². The predicted molar refractivity (Wildman–Crippen MR) is 90.1 cm³/mol. The number of ether oxygens (including phenoxy) is 1. The molecule has 0 atom stereocenters. The van der Waals surface area contributed by atoms with Gasteiger partial charge in [0.1, 0.15) is 0 Å². The highest BCUT2D eigenvalue weighted by molar-refractivity contribution is 5.21. The van der Waals surface area contributed by atoms with Gasteiger partial charge in [0, 0.05) is 24.7 Å². The standard InChI is InChI=1S/C19H26N2O/c1-15-6-7-17(21-12-15)22-14-18(2,3)13-19(4,5)16-8-10-20-11-9-16/h6-12H,13-14H2,1-5H3. The molecular weight excluding hydrogens is 272 g/mol. The lowest BCUT2D eigenvalue weighted by atomic mass is 9.72. The maximum atomic E-state index is 5.88. The molecule has 3 nitrogen and oxygen atoms in total. The minimum Gasteiger partial charge on any atom is -0.477 e. The second-order valence-electron chi connectivity index (χ2n) is 7.42. The third-order valence-corrected chi connectivity index (χ3v) is 3.88. The van der Waals surface area contributed by atoms with E-state index in [9.17, 15) is 0 Å². The van der Waals surface area contributed by atoms with Crippen molar-refractivity contribution in [2.75, 3.05) is 6.61 Å². The first-order valence-corrected chi connectivity index (χ1v) is 7.75. The zero-order valence-electron chi connectivity index (χ0n) is 14.3. The van der Waals surface area contributed by atoms with Crippen molar-refractivity contribution in [1.82, 2.24) is 9.97 Å². The Balaban J connectivity index is 1.99. The SMILES string of the molecule is Cc1ccc(OCC(C)(C)CC(C)(C)c2ccncc2)nc1. The summed E-state index contributed by atoms with van der Waals surface area (Å²) >= 11 is 0. The molecule has 2 aromatic rings. The van der Waals surface area contributed by atoms with Gasteiger partial charge in [0.2, 0.25) is 5.88 Å². The number of pyridine rings is 2. The van der Waals surface area contributed by atoms with E-state index in [1.165, 1.54) is 5.56 Å². The lowest BCUT2D eigenvalue weighted by Gasteiger charge is -2.35. The van der Waals surface area contributed by atoms with Gasteiger partial charge in [-0.2, -0.15) is 0 Å². The molecule has 0 N–H and O–H groups in total. The van der Waals surface area contributed by atoms with Crippen molar-refractivity contribution < 1.29 is 4.74 Å². The average Bonchev–Trinajstić information content (AvgIpc) is 2.47. The largest absolute Gasteiger partial charge is 0.477 e. The molecule has 22 heavy (non-hydrogen) atoms. The number of aromatic nitrogens is 2. The summed E-state index contributed by atoms with van der Waals surface area (Å²) in [4.78, 5) is 8.41. The second-order valence-corrected chi connectivity index (χ2v) is 7.42. The first kappa shape index (κ1) is 16.5. The third-order valence-electron chi connectivity index (χ3n) is 3.88. The number of rotatable bonds is 6. The number of hydrogen-bond donors (Lipinski definition) is 0. The number of aryl methyl sites for hydroxylation is 1. The summed E-state index contributed by atoms with van der Waals surface area (Å²) in [5.74, 6) is 0.695. The first-order valence-electron chi connectivity index (χ1n) is 7.75. The molecular formula is C19H26N2O. The van der Waals surface area contributed by atoms with Crippen molar-refractivity contribution in [2.24, 2.45) is 5.41 Å². The van der Waals surface area contributed by atoms with E-state index in [-0.39, 0.29) is 10.8 Å². The Morgan fingerprint density at radius 1 is 1.00 bits per heavy atom. The Kier molecular flexibility index (Phi) is 4.84. The summed E-state index contributed by atoms with van der Waals surface area (Å²) in [6.07, 6.45) is 6.58. The molecule has 118 valence electrons. The van der Waals surface area contributed by atoms with Crippen molar-refractivity contribution in [3.05, 3.63) is 54.0 Å². The normalized spacial score (nSPS) is 12.2. The van der Waals surface area contributed by atoms with Crippen LogP contribution in [-0.2, 0) is 5.41 Å². The molecule has 0 aliphatic rings. The van der Waals surface area contributed by atoms with Gasteiger partial charge >= 0.3 is 0 Å². The Labute approximate surface area is 133 Å². The predicted octanol–water partition coefficient (Wildman–Crippen LogP) is 4.56. The van der Waals surface area contributed by atoms with Crippen LogP contribution < -0.4 is 4.74 Å². The van der Waals surface area contributed by atoms with E-state index in [1.807, 2.05) is 37.6 Å². The number of hydrogen-bond acceptors (Lipinski definition) is 3. The van der Waals surface area contributed by atoms with Gasteiger partial charge in [-0.25, -0.2) is 4.98 Å². The highest BCUT2D eigenvalue weighted by Crippen LogP contribution is 2.36. The van der Waals surface area contributed by atoms with Crippen LogP contribution in [0.15, 0.2) is 42.9 Å². The van der Waals surface area contributed by atoms with Crippen molar-refractivity contribution in [2.45, 2.75) is 46.5 Å². The molecule has 0 aliphatic heterocycles. The van der Waals surface area contributed by atoms with Crippen LogP contribution in [0.2, 0.25) is 0 Å². The molecule has 0 spiro atoms. The molecule has 3 heteroatoms. The second kappa shape index (κ2) is 6.47. The molecule has 0 radical (unpaired) electrons. The molecule has 0 aromatic carbocycles. The maximum Gasteiger partial charge on any atom is 0.213 e. The van der Waals surface area contributed by atoms with Gasteiger partial charge in [-0.15, -0.1) is 0 Å². The summed E-state index contributed by atoms with van der Waals surface area (Å²) in [6.45, 7) is 11.7. The van der Waals surface area contributed by atoms with Crippen molar-refractivity contribution in [3.8, 4) is 5.88 Å². The van der Waals surface area contributed by atoms with Crippen LogP contribution in [0.3, 0.4) is 0 Å². The van der Waals surface area contributed by atoms with E-state index in [0.717, 1.165) is 12.0 Å². The zero-order chi connectivity index (χ0) is 16.2. The Morgan fingerprint density at radius 3 is 2.27 bits per heavy atom. The molecule has 0 saturated carbocycles.